The van der Waals surface area contributed by atoms with E-state index in [1.807, 2.05) is 25.1 Å². The zero-order valence-electron chi connectivity index (χ0n) is 13.3. The summed E-state index contributed by atoms with van der Waals surface area (Å²) in [5.41, 5.74) is 1.23. The van der Waals surface area contributed by atoms with Crippen LogP contribution in [0.2, 0.25) is 0 Å². The van der Waals surface area contributed by atoms with Crippen molar-refractivity contribution in [1.82, 2.24) is 10.2 Å². The number of aryl methyl sites for hydroxylation is 1. The van der Waals surface area contributed by atoms with Crippen molar-refractivity contribution in [2.24, 2.45) is 0 Å². The van der Waals surface area contributed by atoms with E-state index in [4.69, 9.17) is 9.47 Å². The van der Waals surface area contributed by atoms with Gasteiger partial charge in [-0.2, -0.15) is 0 Å². The van der Waals surface area contributed by atoms with Gasteiger partial charge in [-0.3, -0.25) is 4.79 Å². The van der Waals surface area contributed by atoms with Crippen molar-refractivity contribution in [3.8, 4) is 5.75 Å². The lowest BCUT2D eigenvalue weighted by Gasteiger charge is -2.33. The molecule has 7 heteroatoms. The summed E-state index contributed by atoms with van der Waals surface area (Å²) in [6.07, 6.45) is 0.714. The summed E-state index contributed by atoms with van der Waals surface area (Å²) in [5, 5.41) is 5.70. The molecular formula is C16H21N3O4. The fraction of sp³-hybridized carbons (Fsp3) is 0.500. The fourth-order valence-corrected chi connectivity index (χ4v) is 2.97. The van der Waals surface area contributed by atoms with E-state index in [-0.39, 0.29) is 18.5 Å². The molecule has 124 valence electrons. The highest BCUT2D eigenvalue weighted by Crippen LogP contribution is 2.29. The number of benzene rings is 1. The first-order valence-corrected chi connectivity index (χ1v) is 7.63. The van der Waals surface area contributed by atoms with Crippen LogP contribution in [0.4, 0.5) is 10.5 Å². The van der Waals surface area contributed by atoms with Crippen molar-refractivity contribution in [3.05, 3.63) is 23.8 Å². The number of hydrogen-bond donors (Lipinski definition) is 2. The molecule has 0 radical (unpaired) electrons. The van der Waals surface area contributed by atoms with E-state index < -0.39 is 5.60 Å². The Morgan fingerprint density at radius 2 is 2.30 bits per heavy atom. The van der Waals surface area contributed by atoms with Gasteiger partial charge in [0.05, 0.1) is 19.3 Å². The average molecular weight is 319 g/mol. The van der Waals surface area contributed by atoms with E-state index in [1.54, 1.807) is 12.0 Å². The zero-order chi connectivity index (χ0) is 16.4. The van der Waals surface area contributed by atoms with Crippen molar-refractivity contribution >= 4 is 17.6 Å². The van der Waals surface area contributed by atoms with E-state index in [1.165, 1.54) is 0 Å². The standard InChI is InChI=1S/C16H21N3O4/c1-11-3-4-13(22-2)12(7-11)18-15(21)19-6-5-16(10-19)9-17-14(20)8-23-16/h3-4,7H,5-6,8-10H2,1-2H3,(H,17,20)(H,18,21). The normalized spacial score (nSPS) is 23.7. The van der Waals surface area contributed by atoms with Crippen LogP contribution in [0.3, 0.4) is 0 Å². The van der Waals surface area contributed by atoms with Crippen LogP contribution in [0.1, 0.15) is 12.0 Å². The summed E-state index contributed by atoms with van der Waals surface area (Å²) in [5.74, 6) is 0.516. The Morgan fingerprint density at radius 3 is 3.00 bits per heavy atom. The van der Waals surface area contributed by atoms with Gasteiger partial charge in [0.1, 0.15) is 18.0 Å². The van der Waals surface area contributed by atoms with Crippen LogP contribution in [-0.4, -0.2) is 55.8 Å². The highest BCUT2D eigenvalue weighted by molar-refractivity contribution is 5.91. The van der Waals surface area contributed by atoms with E-state index >= 15 is 0 Å². The molecular weight excluding hydrogens is 298 g/mol. The maximum atomic E-state index is 12.5. The first kappa shape index (κ1) is 15.6. The number of ether oxygens (including phenoxy) is 2. The van der Waals surface area contributed by atoms with Crippen LogP contribution >= 0.6 is 0 Å². The molecule has 2 N–H and O–H groups in total. The molecule has 23 heavy (non-hydrogen) atoms. The minimum Gasteiger partial charge on any atom is -0.495 e. The molecule has 7 nitrogen and oxygen atoms in total. The molecule has 3 amide bonds. The van der Waals surface area contributed by atoms with E-state index in [0.29, 0.717) is 37.5 Å². The molecule has 0 saturated carbocycles. The summed E-state index contributed by atoms with van der Waals surface area (Å²) in [6, 6.07) is 5.44. The van der Waals surface area contributed by atoms with Crippen LogP contribution in [0.25, 0.3) is 0 Å². The molecule has 2 saturated heterocycles. The summed E-state index contributed by atoms with van der Waals surface area (Å²) < 4.78 is 11.0. The highest BCUT2D eigenvalue weighted by atomic mass is 16.5. The Morgan fingerprint density at radius 1 is 1.48 bits per heavy atom. The number of carbonyl (C=O) groups excluding carboxylic acids is 2. The maximum Gasteiger partial charge on any atom is 0.322 e. The third-order valence-electron chi connectivity index (χ3n) is 4.32. The second kappa shape index (κ2) is 6.08. The van der Waals surface area contributed by atoms with E-state index in [9.17, 15) is 9.59 Å². The number of nitrogens with one attached hydrogen (secondary N) is 2. The lowest BCUT2D eigenvalue weighted by Crippen LogP contribution is -2.54. The van der Waals surface area contributed by atoms with Crippen molar-refractivity contribution in [3.63, 3.8) is 0 Å². The predicted molar refractivity (Wildman–Crippen MR) is 84.6 cm³/mol. The van der Waals surface area contributed by atoms with Gasteiger partial charge in [0.2, 0.25) is 5.91 Å². The second-order valence-electron chi connectivity index (χ2n) is 6.05. The Kier molecular flexibility index (Phi) is 4.12. The third-order valence-corrected chi connectivity index (χ3v) is 4.32. The molecule has 1 aromatic rings. The van der Waals surface area contributed by atoms with Crippen molar-refractivity contribution in [2.75, 3.05) is 38.7 Å². The van der Waals surface area contributed by atoms with Crippen molar-refractivity contribution < 1.29 is 19.1 Å². The van der Waals surface area contributed by atoms with Gasteiger partial charge in [-0.25, -0.2) is 4.79 Å². The summed E-state index contributed by atoms with van der Waals surface area (Å²) in [6.45, 7) is 3.52. The predicted octanol–water partition coefficient (Wildman–Crippen LogP) is 1.13. The summed E-state index contributed by atoms with van der Waals surface area (Å²) in [7, 11) is 1.57. The van der Waals surface area contributed by atoms with Gasteiger partial charge in [0.15, 0.2) is 0 Å². The molecule has 0 bridgehead atoms. The van der Waals surface area contributed by atoms with Crippen LogP contribution in [0.15, 0.2) is 18.2 Å². The van der Waals surface area contributed by atoms with Crippen molar-refractivity contribution in [1.29, 1.82) is 0 Å². The first-order valence-electron chi connectivity index (χ1n) is 7.63. The minimum atomic E-state index is -0.456. The number of likely N-dealkylation sites (tertiary alicyclic amines) is 1. The number of nitrogens with zero attached hydrogens (tertiary/aromatic N) is 1. The highest BCUT2D eigenvalue weighted by Gasteiger charge is 2.43. The number of amides is 3. The second-order valence-corrected chi connectivity index (χ2v) is 6.05. The molecule has 3 rings (SSSR count). The van der Waals surface area contributed by atoms with Gasteiger partial charge in [-0.15, -0.1) is 0 Å². The molecule has 2 aliphatic rings. The molecule has 2 fully saturated rings. The monoisotopic (exact) mass is 319 g/mol. The molecule has 1 aromatic carbocycles. The Labute approximate surface area is 134 Å². The lowest BCUT2D eigenvalue weighted by atomic mass is 10.0. The van der Waals surface area contributed by atoms with E-state index in [2.05, 4.69) is 10.6 Å². The van der Waals surface area contributed by atoms with Gasteiger partial charge < -0.3 is 25.0 Å². The van der Waals surface area contributed by atoms with E-state index in [0.717, 1.165) is 5.56 Å². The first-order chi connectivity index (χ1) is 11.0. The number of carbonyl (C=O) groups is 2. The summed E-state index contributed by atoms with van der Waals surface area (Å²) in [4.78, 5) is 25.4. The van der Waals surface area contributed by atoms with Gasteiger partial charge in [0, 0.05) is 13.1 Å². The van der Waals surface area contributed by atoms with Gasteiger partial charge >= 0.3 is 6.03 Å². The van der Waals surface area contributed by atoms with Crippen LogP contribution < -0.4 is 15.4 Å². The molecule has 2 aliphatic heterocycles. The number of rotatable bonds is 2. The number of anilines is 1. The number of urea groups is 1. The largest absolute Gasteiger partial charge is 0.495 e. The summed E-state index contributed by atoms with van der Waals surface area (Å²) >= 11 is 0. The van der Waals surface area contributed by atoms with Crippen LogP contribution in [-0.2, 0) is 9.53 Å². The third kappa shape index (κ3) is 3.24. The Balaban J connectivity index is 1.66. The Hall–Kier alpha value is -2.28. The molecule has 1 atom stereocenters. The molecule has 0 aliphatic carbocycles. The zero-order valence-corrected chi connectivity index (χ0v) is 13.3. The quantitative estimate of drug-likeness (QED) is 0.856. The molecule has 1 unspecified atom stereocenters. The SMILES string of the molecule is COc1ccc(C)cc1NC(=O)N1CCC2(CNC(=O)CO2)C1. The topological polar surface area (TPSA) is 79.9 Å². The van der Waals surface area contributed by atoms with Gasteiger partial charge in [-0.1, -0.05) is 6.07 Å². The smallest absolute Gasteiger partial charge is 0.322 e. The van der Waals surface area contributed by atoms with Gasteiger partial charge in [0.25, 0.3) is 0 Å². The van der Waals surface area contributed by atoms with Crippen LogP contribution in [0, 0.1) is 6.92 Å². The van der Waals surface area contributed by atoms with Crippen molar-refractivity contribution in [2.45, 2.75) is 18.9 Å². The number of methoxy groups -OCH3 is 1. The fourth-order valence-electron chi connectivity index (χ4n) is 2.97. The maximum absolute atomic E-state index is 12.5. The van der Waals surface area contributed by atoms with Crippen LogP contribution in [0.5, 0.6) is 5.75 Å². The molecule has 2 heterocycles. The minimum absolute atomic E-state index is 0.0567. The Bertz CT molecular complexity index is 622. The number of morpholine rings is 1. The average Bonchev–Trinajstić information content (AvgIpc) is 2.95. The molecule has 1 spiro atoms. The number of hydrogen-bond acceptors (Lipinski definition) is 4. The lowest BCUT2D eigenvalue weighted by molar-refractivity contribution is -0.141. The molecule has 0 aromatic heterocycles. The van der Waals surface area contributed by atoms with Gasteiger partial charge in [-0.05, 0) is 31.0 Å².